The predicted molar refractivity (Wildman–Crippen MR) is 109 cm³/mol. The van der Waals surface area contributed by atoms with Crippen LogP contribution < -0.4 is 4.74 Å². The van der Waals surface area contributed by atoms with Crippen LogP contribution >= 0.6 is 0 Å². The number of nitrogens with zero attached hydrogens (tertiary/aromatic N) is 2. The number of benzene rings is 1. The number of hydrogen-bond acceptors (Lipinski definition) is 4. The van der Waals surface area contributed by atoms with Crippen molar-refractivity contribution in [3.05, 3.63) is 24.3 Å². The van der Waals surface area contributed by atoms with Crippen molar-refractivity contribution in [1.82, 2.24) is 9.21 Å². The molecule has 156 valence electrons. The van der Waals surface area contributed by atoms with Crippen LogP contribution in [-0.2, 0) is 14.8 Å². The van der Waals surface area contributed by atoms with E-state index in [2.05, 4.69) is 0 Å². The third kappa shape index (κ3) is 4.69. The van der Waals surface area contributed by atoms with Crippen molar-refractivity contribution in [2.45, 2.75) is 62.8 Å². The van der Waals surface area contributed by atoms with Crippen LogP contribution in [0.2, 0.25) is 0 Å². The second kappa shape index (κ2) is 9.27. The van der Waals surface area contributed by atoms with E-state index in [1.165, 1.54) is 23.6 Å². The number of carbonyl (C=O) groups is 1. The summed E-state index contributed by atoms with van der Waals surface area (Å²) in [5, 5.41) is 0. The van der Waals surface area contributed by atoms with Crippen molar-refractivity contribution >= 4 is 15.9 Å². The van der Waals surface area contributed by atoms with Crippen LogP contribution in [0.3, 0.4) is 0 Å². The first kappa shape index (κ1) is 21.1. The summed E-state index contributed by atoms with van der Waals surface area (Å²) in [7, 11) is -1.61. The smallest absolute Gasteiger partial charge is 0.243 e. The summed E-state index contributed by atoms with van der Waals surface area (Å²) in [6.45, 7) is 3.22. The molecule has 1 aliphatic carbocycles. The molecule has 0 radical (unpaired) electrons. The molecule has 0 bridgehead atoms. The normalized spacial score (nSPS) is 20.1. The van der Waals surface area contributed by atoms with Gasteiger partial charge in [-0.05, 0) is 56.9 Å². The van der Waals surface area contributed by atoms with Gasteiger partial charge in [0.05, 0.1) is 11.5 Å². The number of sulfonamides is 1. The fourth-order valence-corrected chi connectivity index (χ4v) is 5.77. The standard InChI is InChI=1S/C21H32N2O4S/c1-3-27-19-9-11-20(12-10-19)28(25,26)23-15-13-17(14-16-23)21(24)22(2)18-7-5-4-6-8-18/h9-12,17-18H,3-8,13-16H2,1-2H3. The lowest BCUT2D eigenvalue weighted by Gasteiger charge is -2.36. The lowest BCUT2D eigenvalue weighted by molar-refractivity contribution is -0.138. The van der Waals surface area contributed by atoms with Gasteiger partial charge in [-0.15, -0.1) is 0 Å². The van der Waals surface area contributed by atoms with Crippen molar-refractivity contribution in [3.8, 4) is 5.75 Å². The Labute approximate surface area is 168 Å². The summed E-state index contributed by atoms with van der Waals surface area (Å²) in [6.07, 6.45) is 7.02. The SMILES string of the molecule is CCOc1ccc(S(=O)(=O)N2CCC(C(=O)N(C)C3CCCCC3)CC2)cc1. The maximum absolute atomic E-state index is 12.9. The topological polar surface area (TPSA) is 66.9 Å². The minimum atomic E-state index is -3.53. The molecule has 0 aromatic heterocycles. The molecule has 1 saturated heterocycles. The Kier molecular flexibility index (Phi) is 6.99. The molecular weight excluding hydrogens is 376 g/mol. The Bertz CT molecular complexity index is 749. The molecule has 1 aromatic rings. The number of piperidine rings is 1. The number of rotatable bonds is 6. The number of carbonyl (C=O) groups excluding carboxylic acids is 1. The van der Waals surface area contributed by atoms with Crippen LogP contribution in [0.1, 0.15) is 51.9 Å². The molecule has 3 rings (SSSR count). The molecule has 0 atom stereocenters. The quantitative estimate of drug-likeness (QED) is 0.724. The predicted octanol–water partition coefficient (Wildman–Crippen LogP) is 3.28. The monoisotopic (exact) mass is 408 g/mol. The molecule has 1 aromatic carbocycles. The van der Waals surface area contributed by atoms with Crippen LogP contribution in [0.25, 0.3) is 0 Å². The zero-order valence-corrected chi connectivity index (χ0v) is 17.8. The Balaban J connectivity index is 1.58. The molecule has 1 heterocycles. The summed E-state index contributed by atoms with van der Waals surface area (Å²) in [6, 6.07) is 6.91. The molecule has 1 aliphatic heterocycles. The molecule has 0 spiro atoms. The lowest BCUT2D eigenvalue weighted by Crippen LogP contribution is -2.46. The van der Waals surface area contributed by atoms with Gasteiger partial charge in [-0.25, -0.2) is 8.42 Å². The maximum atomic E-state index is 12.9. The molecule has 0 N–H and O–H groups in total. The molecule has 1 saturated carbocycles. The zero-order chi connectivity index (χ0) is 20.1. The second-order valence-electron chi connectivity index (χ2n) is 7.82. The fourth-order valence-electron chi connectivity index (χ4n) is 4.30. The highest BCUT2D eigenvalue weighted by Crippen LogP contribution is 2.28. The van der Waals surface area contributed by atoms with Gasteiger partial charge < -0.3 is 9.64 Å². The van der Waals surface area contributed by atoms with Crippen molar-refractivity contribution in [3.63, 3.8) is 0 Å². The van der Waals surface area contributed by atoms with Crippen LogP contribution in [0.4, 0.5) is 0 Å². The number of hydrogen-bond donors (Lipinski definition) is 0. The summed E-state index contributed by atoms with van der Waals surface area (Å²) in [5.41, 5.74) is 0. The Morgan fingerprint density at radius 1 is 1.07 bits per heavy atom. The van der Waals surface area contributed by atoms with Crippen molar-refractivity contribution in [2.24, 2.45) is 5.92 Å². The average molecular weight is 409 g/mol. The molecular formula is C21H32N2O4S. The van der Waals surface area contributed by atoms with E-state index in [9.17, 15) is 13.2 Å². The summed E-state index contributed by atoms with van der Waals surface area (Å²) in [4.78, 5) is 15.1. The van der Waals surface area contributed by atoms with E-state index in [-0.39, 0.29) is 16.7 Å². The van der Waals surface area contributed by atoms with E-state index >= 15 is 0 Å². The highest BCUT2D eigenvalue weighted by molar-refractivity contribution is 7.89. The first-order valence-corrected chi connectivity index (χ1v) is 11.9. The van der Waals surface area contributed by atoms with E-state index in [4.69, 9.17) is 4.74 Å². The summed E-state index contributed by atoms with van der Waals surface area (Å²) in [5.74, 6) is 0.778. The summed E-state index contributed by atoms with van der Waals surface area (Å²) < 4.78 is 32.7. The first-order valence-electron chi connectivity index (χ1n) is 10.4. The van der Waals surface area contributed by atoms with Gasteiger partial charge in [0.2, 0.25) is 15.9 Å². The Hall–Kier alpha value is -1.60. The van der Waals surface area contributed by atoms with E-state index in [0.717, 1.165) is 12.8 Å². The third-order valence-electron chi connectivity index (χ3n) is 6.05. The van der Waals surface area contributed by atoms with Gasteiger partial charge in [0.25, 0.3) is 0 Å². The van der Waals surface area contributed by atoms with Crippen LogP contribution in [0, 0.1) is 5.92 Å². The van der Waals surface area contributed by atoms with Crippen molar-refractivity contribution in [1.29, 1.82) is 0 Å². The number of ether oxygens (including phenoxy) is 1. The molecule has 0 unspecified atom stereocenters. The van der Waals surface area contributed by atoms with Crippen LogP contribution in [0.15, 0.2) is 29.2 Å². The average Bonchev–Trinajstić information content (AvgIpc) is 2.74. The van der Waals surface area contributed by atoms with E-state index in [1.807, 2.05) is 18.9 Å². The van der Waals surface area contributed by atoms with Gasteiger partial charge in [-0.2, -0.15) is 4.31 Å². The highest BCUT2D eigenvalue weighted by Gasteiger charge is 2.34. The fraction of sp³-hybridized carbons (Fsp3) is 0.667. The largest absolute Gasteiger partial charge is 0.494 e. The molecule has 2 fully saturated rings. The van der Waals surface area contributed by atoms with Gasteiger partial charge >= 0.3 is 0 Å². The van der Waals surface area contributed by atoms with Gasteiger partial charge in [0.15, 0.2) is 0 Å². The van der Waals surface area contributed by atoms with Crippen LogP contribution in [-0.4, -0.2) is 56.3 Å². The highest BCUT2D eigenvalue weighted by atomic mass is 32.2. The molecule has 6 nitrogen and oxygen atoms in total. The molecule has 7 heteroatoms. The van der Waals surface area contributed by atoms with E-state index < -0.39 is 10.0 Å². The Morgan fingerprint density at radius 2 is 1.68 bits per heavy atom. The third-order valence-corrected chi connectivity index (χ3v) is 7.96. The second-order valence-corrected chi connectivity index (χ2v) is 9.76. The van der Waals surface area contributed by atoms with E-state index in [0.29, 0.717) is 44.3 Å². The van der Waals surface area contributed by atoms with Gasteiger partial charge in [0, 0.05) is 32.1 Å². The molecule has 1 amide bonds. The maximum Gasteiger partial charge on any atom is 0.243 e. The minimum Gasteiger partial charge on any atom is -0.494 e. The minimum absolute atomic E-state index is 0.0706. The zero-order valence-electron chi connectivity index (χ0n) is 17.0. The first-order chi connectivity index (χ1) is 13.4. The van der Waals surface area contributed by atoms with E-state index in [1.54, 1.807) is 24.3 Å². The lowest BCUT2D eigenvalue weighted by atomic mass is 9.91. The van der Waals surface area contributed by atoms with Crippen molar-refractivity contribution in [2.75, 3.05) is 26.7 Å². The van der Waals surface area contributed by atoms with Gasteiger partial charge in [-0.1, -0.05) is 19.3 Å². The summed E-state index contributed by atoms with van der Waals surface area (Å²) >= 11 is 0. The number of amides is 1. The molecule has 2 aliphatic rings. The van der Waals surface area contributed by atoms with Gasteiger partial charge in [0.1, 0.15) is 5.75 Å². The molecule has 28 heavy (non-hydrogen) atoms. The Morgan fingerprint density at radius 3 is 2.25 bits per heavy atom. The van der Waals surface area contributed by atoms with Crippen molar-refractivity contribution < 1.29 is 17.9 Å². The van der Waals surface area contributed by atoms with Gasteiger partial charge in [-0.3, -0.25) is 4.79 Å². The van der Waals surface area contributed by atoms with Crippen LogP contribution in [0.5, 0.6) is 5.75 Å².